The number of nitrogens with zero attached hydrogens (tertiary/aromatic N) is 1. The molecule has 0 bridgehead atoms. The van der Waals surface area contributed by atoms with Crippen molar-refractivity contribution in [1.29, 1.82) is 0 Å². The highest BCUT2D eigenvalue weighted by Gasteiger charge is 2.50. The van der Waals surface area contributed by atoms with Crippen molar-refractivity contribution in [3.05, 3.63) is 234 Å². The molecule has 0 heterocycles. The Morgan fingerprint density at radius 1 is 0.350 bits per heavy atom. The second-order valence-electron chi connectivity index (χ2n) is 17.0. The van der Waals surface area contributed by atoms with Gasteiger partial charge in [-0.2, -0.15) is 0 Å². The first-order chi connectivity index (χ1) is 29.8. The Kier molecular flexibility index (Phi) is 8.23. The summed E-state index contributed by atoms with van der Waals surface area (Å²) in [5, 5.41) is 2.64. The fourth-order valence-electron chi connectivity index (χ4n) is 11.2. The summed E-state index contributed by atoms with van der Waals surface area (Å²) >= 11 is 0. The van der Waals surface area contributed by atoms with Crippen molar-refractivity contribution in [1.82, 2.24) is 0 Å². The maximum atomic E-state index is 2.52. The number of anilines is 3. The van der Waals surface area contributed by atoms with Gasteiger partial charge in [0.15, 0.2) is 0 Å². The van der Waals surface area contributed by atoms with E-state index in [1.165, 1.54) is 121 Å². The van der Waals surface area contributed by atoms with E-state index in [1.54, 1.807) is 0 Å². The molecule has 1 fully saturated rings. The second kappa shape index (κ2) is 14.1. The fraction of sp³-hybridized carbons (Fsp3) is 0.119. The van der Waals surface area contributed by atoms with Gasteiger partial charge in [-0.15, -0.1) is 0 Å². The summed E-state index contributed by atoms with van der Waals surface area (Å²) in [5.74, 6) is 0.653. The van der Waals surface area contributed by atoms with Crippen molar-refractivity contribution in [2.24, 2.45) is 0 Å². The summed E-state index contributed by atoms with van der Waals surface area (Å²) in [7, 11) is 0. The normalized spacial score (nSPS) is 16.3. The first-order valence-corrected chi connectivity index (χ1v) is 21.8. The largest absolute Gasteiger partial charge is 0.310 e. The van der Waals surface area contributed by atoms with Gasteiger partial charge in [0.25, 0.3) is 0 Å². The molecule has 0 aliphatic heterocycles. The maximum absolute atomic E-state index is 2.52. The lowest BCUT2D eigenvalue weighted by molar-refractivity contribution is 0.443. The third-order valence-corrected chi connectivity index (χ3v) is 13.9. The molecule has 0 saturated heterocycles. The molecule has 0 N–H and O–H groups in total. The molecule has 1 spiro atoms. The van der Waals surface area contributed by atoms with Crippen molar-refractivity contribution < 1.29 is 0 Å². The predicted molar refractivity (Wildman–Crippen MR) is 252 cm³/mol. The predicted octanol–water partition coefficient (Wildman–Crippen LogP) is 16.0. The number of rotatable bonds is 6. The van der Waals surface area contributed by atoms with Gasteiger partial charge < -0.3 is 4.90 Å². The molecule has 1 nitrogen and oxygen atoms in total. The highest BCUT2D eigenvalue weighted by molar-refractivity contribution is 6.07. The van der Waals surface area contributed by atoms with E-state index in [0.29, 0.717) is 5.92 Å². The topological polar surface area (TPSA) is 3.24 Å². The molecule has 60 heavy (non-hydrogen) atoms. The zero-order chi connectivity index (χ0) is 39.6. The van der Waals surface area contributed by atoms with E-state index in [4.69, 9.17) is 0 Å². The minimum Gasteiger partial charge on any atom is -0.310 e. The summed E-state index contributed by atoms with van der Waals surface area (Å²) in [6.07, 6.45) is 6.61. The number of hydrogen-bond acceptors (Lipinski definition) is 1. The SMILES string of the molecule is c1ccc(-c2ccccc2-c2ccc(N(c3ccc(C4CCCCC4)cc3)c3ccc4c(c3)C3(c5ccccc5-4)c4ccccc4-c4cccc5cccc3c45)cc2)cc1. The molecular formula is C59H45N. The van der Waals surface area contributed by atoms with Gasteiger partial charge in [-0.1, -0.05) is 189 Å². The lowest BCUT2D eigenvalue weighted by Crippen LogP contribution is -2.32. The van der Waals surface area contributed by atoms with Gasteiger partial charge in [0, 0.05) is 17.1 Å². The van der Waals surface area contributed by atoms with E-state index >= 15 is 0 Å². The Morgan fingerprint density at radius 3 is 1.53 bits per heavy atom. The zero-order valence-electron chi connectivity index (χ0n) is 33.7. The molecule has 0 aromatic heterocycles. The molecule has 1 unspecified atom stereocenters. The summed E-state index contributed by atoms with van der Waals surface area (Å²) in [6, 6.07) is 77.6. The molecule has 12 rings (SSSR count). The van der Waals surface area contributed by atoms with E-state index < -0.39 is 5.41 Å². The van der Waals surface area contributed by atoms with E-state index in [2.05, 4.69) is 211 Å². The van der Waals surface area contributed by atoms with Crippen LogP contribution in [0.25, 0.3) is 55.3 Å². The number of benzene rings is 9. The van der Waals surface area contributed by atoms with E-state index in [-0.39, 0.29) is 0 Å². The minimum atomic E-state index is -0.478. The highest BCUT2D eigenvalue weighted by atomic mass is 15.1. The van der Waals surface area contributed by atoms with E-state index in [1.807, 2.05) is 0 Å². The average molecular weight is 768 g/mol. The van der Waals surface area contributed by atoms with Crippen LogP contribution in [-0.4, -0.2) is 0 Å². The van der Waals surface area contributed by atoms with Crippen LogP contribution in [0.3, 0.4) is 0 Å². The van der Waals surface area contributed by atoms with E-state index in [9.17, 15) is 0 Å². The monoisotopic (exact) mass is 767 g/mol. The van der Waals surface area contributed by atoms with Crippen molar-refractivity contribution in [2.45, 2.75) is 43.4 Å². The van der Waals surface area contributed by atoms with Gasteiger partial charge >= 0.3 is 0 Å². The summed E-state index contributed by atoms with van der Waals surface area (Å²) in [6.45, 7) is 0. The van der Waals surface area contributed by atoms with Crippen molar-refractivity contribution in [3.63, 3.8) is 0 Å². The van der Waals surface area contributed by atoms with Crippen LogP contribution in [0.4, 0.5) is 17.1 Å². The molecule has 286 valence electrons. The lowest BCUT2D eigenvalue weighted by Gasteiger charge is -2.40. The minimum absolute atomic E-state index is 0.478. The van der Waals surface area contributed by atoms with Crippen LogP contribution in [-0.2, 0) is 5.41 Å². The van der Waals surface area contributed by atoms with Crippen LogP contribution in [0, 0.1) is 0 Å². The molecule has 1 saturated carbocycles. The van der Waals surface area contributed by atoms with Gasteiger partial charge in [-0.3, -0.25) is 0 Å². The average Bonchev–Trinajstić information content (AvgIpc) is 3.62. The molecule has 1 heteroatoms. The van der Waals surface area contributed by atoms with Crippen LogP contribution in [0.5, 0.6) is 0 Å². The van der Waals surface area contributed by atoms with Crippen LogP contribution >= 0.6 is 0 Å². The standard InChI is InChI=1S/C59H45N/c1-3-15-40(16-4-1)41-29-33-45(34-30-41)60(46-35-31-43(32-36-46)49-22-8-7-21-48(49)42-17-5-2-6-18-42)47-37-38-52-50-23-9-11-26-54(50)59(57(52)39-47)55-27-12-10-24-51(55)53-25-13-19-44-20-14-28-56(59)58(44)53/h2,5-14,17-40H,1,3-4,15-16H2. The first-order valence-electron chi connectivity index (χ1n) is 21.8. The van der Waals surface area contributed by atoms with Gasteiger partial charge in [0.2, 0.25) is 0 Å². The molecule has 1 atom stereocenters. The van der Waals surface area contributed by atoms with Gasteiger partial charge in [0.05, 0.1) is 5.41 Å². The maximum Gasteiger partial charge on any atom is 0.0726 e. The Labute approximate surface area is 353 Å². The van der Waals surface area contributed by atoms with E-state index in [0.717, 1.165) is 11.4 Å². The molecule has 9 aromatic carbocycles. The van der Waals surface area contributed by atoms with Crippen LogP contribution in [0.2, 0.25) is 0 Å². The van der Waals surface area contributed by atoms with Crippen LogP contribution in [0.1, 0.15) is 65.8 Å². The molecular weight excluding hydrogens is 723 g/mol. The number of fused-ring (bicyclic) bond motifs is 9. The Bertz CT molecular complexity index is 3060. The van der Waals surface area contributed by atoms with Crippen molar-refractivity contribution in [2.75, 3.05) is 4.90 Å². The second-order valence-corrected chi connectivity index (χ2v) is 17.0. The van der Waals surface area contributed by atoms with Crippen LogP contribution < -0.4 is 4.90 Å². The quantitative estimate of drug-likeness (QED) is 0.163. The Balaban J connectivity index is 1.06. The van der Waals surface area contributed by atoms with Crippen molar-refractivity contribution >= 4 is 27.8 Å². The van der Waals surface area contributed by atoms with Gasteiger partial charge in [-0.25, -0.2) is 0 Å². The summed E-state index contributed by atoms with van der Waals surface area (Å²) in [5.41, 5.74) is 20.1. The highest BCUT2D eigenvalue weighted by Crippen LogP contribution is 2.62. The zero-order valence-corrected chi connectivity index (χ0v) is 33.7. The Hall–Kier alpha value is -6.96. The Morgan fingerprint density at radius 2 is 0.850 bits per heavy atom. The molecule has 0 radical (unpaired) electrons. The smallest absolute Gasteiger partial charge is 0.0726 e. The third-order valence-electron chi connectivity index (χ3n) is 13.9. The lowest BCUT2D eigenvalue weighted by atomic mass is 9.61. The van der Waals surface area contributed by atoms with Crippen molar-refractivity contribution in [3.8, 4) is 44.5 Å². The first kappa shape index (κ1) is 35.0. The molecule has 3 aliphatic rings. The summed E-state index contributed by atoms with van der Waals surface area (Å²) < 4.78 is 0. The molecule has 0 amide bonds. The summed E-state index contributed by atoms with van der Waals surface area (Å²) in [4.78, 5) is 2.48. The molecule has 9 aromatic rings. The fourth-order valence-corrected chi connectivity index (χ4v) is 11.2. The van der Waals surface area contributed by atoms with Gasteiger partial charge in [0.1, 0.15) is 0 Å². The van der Waals surface area contributed by atoms with Gasteiger partial charge in [-0.05, 0) is 138 Å². The molecule has 3 aliphatic carbocycles. The number of hydrogen-bond donors (Lipinski definition) is 0. The van der Waals surface area contributed by atoms with Crippen LogP contribution in [0.15, 0.2) is 206 Å². The third kappa shape index (κ3) is 5.32.